The average Bonchev–Trinajstić information content (AvgIpc) is 3.06. The van der Waals surface area contributed by atoms with Gasteiger partial charge in [0.15, 0.2) is 5.82 Å². The van der Waals surface area contributed by atoms with Gasteiger partial charge in [0.1, 0.15) is 11.6 Å². The van der Waals surface area contributed by atoms with Crippen LogP contribution in [0, 0.1) is 11.6 Å². The van der Waals surface area contributed by atoms with Crippen LogP contribution in [0.3, 0.4) is 0 Å². The summed E-state index contributed by atoms with van der Waals surface area (Å²) in [5, 5.41) is 4.00. The highest BCUT2D eigenvalue weighted by molar-refractivity contribution is 5.94. The molecule has 2 aromatic rings. The molecule has 1 aromatic heterocycles. The highest BCUT2D eigenvalue weighted by Crippen LogP contribution is 2.20. The highest BCUT2D eigenvalue weighted by Gasteiger charge is 2.26. The van der Waals surface area contributed by atoms with E-state index in [9.17, 15) is 13.6 Å². The number of piperazine rings is 1. The van der Waals surface area contributed by atoms with Gasteiger partial charge in [-0.3, -0.25) is 9.69 Å². The van der Waals surface area contributed by atoms with Crippen molar-refractivity contribution in [3.05, 3.63) is 47.1 Å². The van der Waals surface area contributed by atoms with Gasteiger partial charge in [-0.15, -0.1) is 0 Å². The highest BCUT2D eigenvalue weighted by atomic mass is 19.1. The summed E-state index contributed by atoms with van der Waals surface area (Å²) >= 11 is 0. The summed E-state index contributed by atoms with van der Waals surface area (Å²) in [6.07, 6.45) is 0. The van der Waals surface area contributed by atoms with Crippen LogP contribution in [-0.2, 0) is 12.0 Å². The Kier molecular flexibility index (Phi) is 5.04. The maximum Gasteiger partial charge on any atom is 0.257 e. The molecular formula is C18H22F2N4O2. The summed E-state index contributed by atoms with van der Waals surface area (Å²) in [7, 11) is 0. The molecule has 140 valence electrons. The van der Waals surface area contributed by atoms with Gasteiger partial charge >= 0.3 is 0 Å². The van der Waals surface area contributed by atoms with Crippen LogP contribution in [0.1, 0.15) is 42.8 Å². The lowest BCUT2D eigenvalue weighted by atomic mass is 9.97. The topological polar surface area (TPSA) is 62.5 Å². The number of amides is 1. The number of carbonyl (C=O) groups excluding carboxylic acids is 1. The quantitative estimate of drug-likeness (QED) is 0.838. The lowest BCUT2D eigenvalue weighted by Gasteiger charge is -2.34. The minimum atomic E-state index is -0.708. The third-order valence-corrected chi connectivity index (χ3v) is 4.29. The fourth-order valence-corrected chi connectivity index (χ4v) is 2.76. The van der Waals surface area contributed by atoms with Gasteiger partial charge in [0, 0.05) is 31.6 Å². The van der Waals surface area contributed by atoms with Crippen molar-refractivity contribution in [3.8, 4) is 0 Å². The van der Waals surface area contributed by atoms with Crippen LogP contribution in [0.25, 0.3) is 0 Å². The average molecular weight is 364 g/mol. The van der Waals surface area contributed by atoms with Gasteiger partial charge in [-0.1, -0.05) is 25.9 Å². The molecule has 8 heteroatoms. The number of rotatable bonds is 3. The van der Waals surface area contributed by atoms with Crippen molar-refractivity contribution in [3.63, 3.8) is 0 Å². The van der Waals surface area contributed by atoms with E-state index in [2.05, 4.69) is 15.0 Å². The van der Waals surface area contributed by atoms with Crippen molar-refractivity contribution in [2.24, 2.45) is 0 Å². The Bertz CT molecular complexity index is 793. The number of carbonyl (C=O) groups is 1. The van der Waals surface area contributed by atoms with Gasteiger partial charge in [0.05, 0.1) is 12.1 Å². The molecule has 0 bridgehead atoms. The standard InChI is InChI=1S/C18H22F2N4O2/c1-18(2,3)17-21-15(22-26-17)11-23-6-8-24(9-7-23)16(25)13-10-12(19)4-5-14(13)20/h4-5,10H,6-9,11H2,1-3H3. The van der Waals surface area contributed by atoms with Crippen molar-refractivity contribution in [1.82, 2.24) is 19.9 Å². The number of aromatic nitrogens is 2. The van der Waals surface area contributed by atoms with Crippen LogP contribution in [0.15, 0.2) is 22.7 Å². The van der Waals surface area contributed by atoms with E-state index in [0.29, 0.717) is 44.4 Å². The Labute approximate surface area is 150 Å². The molecular weight excluding hydrogens is 342 g/mol. The van der Waals surface area contributed by atoms with Gasteiger partial charge in [0.2, 0.25) is 5.89 Å². The Morgan fingerprint density at radius 1 is 1.19 bits per heavy atom. The Balaban J connectivity index is 1.58. The summed E-state index contributed by atoms with van der Waals surface area (Å²) in [5.41, 5.74) is -0.433. The van der Waals surface area contributed by atoms with Crippen molar-refractivity contribution in [1.29, 1.82) is 0 Å². The molecule has 0 atom stereocenters. The smallest absolute Gasteiger partial charge is 0.257 e. The number of benzene rings is 1. The second-order valence-electron chi connectivity index (χ2n) is 7.46. The van der Waals surface area contributed by atoms with E-state index in [1.54, 1.807) is 0 Å². The third kappa shape index (κ3) is 4.07. The fraction of sp³-hybridized carbons (Fsp3) is 0.500. The van der Waals surface area contributed by atoms with Crippen LogP contribution in [0.4, 0.5) is 8.78 Å². The van der Waals surface area contributed by atoms with Crippen molar-refractivity contribution in [2.45, 2.75) is 32.7 Å². The van der Waals surface area contributed by atoms with Crippen molar-refractivity contribution in [2.75, 3.05) is 26.2 Å². The Morgan fingerprint density at radius 3 is 2.50 bits per heavy atom. The van der Waals surface area contributed by atoms with E-state index in [1.807, 2.05) is 20.8 Å². The van der Waals surface area contributed by atoms with E-state index in [4.69, 9.17) is 4.52 Å². The SMILES string of the molecule is CC(C)(C)c1nc(CN2CCN(C(=O)c3cc(F)ccc3F)CC2)no1. The van der Waals surface area contributed by atoms with Crippen LogP contribution < -0.4 is 0 Å². The summed E-state index contributed by atoms with van der Waals surface area (Å²) < 4.78 is 32.4. The second kappa shape index (κ2) is 7.11. The molecule has 0 N–H and O–H groups in total. The summed E-state index contributed by atoms with van der Waals surface area (Å²) in [6.45, 7) is 8.58. The zero-order valence-corrected chi connectivity index (χ0v) is 15.1. The number of nitrogens with zero attached hydrogens (tertiary/aromatic N) is 4. The normalized spacial score (nSPS) is 16.1. The lowest BCUT2D eigenvalue weighted by Crippen LogP contribution is -2.48. The van der Waals surface area contributed by atoms with Crippen LogP contribution in [0.2, 0.25) is 0 Å². The zero-order valence-electron chi connectivity index (χ0n) is 15.1. The molecule has 26 heavy (non-hydrogen) atoms. The maximum absolute atomic E-state index is 13.8. The Hall–Kier alpha value is -2.35. The summed E-state index contributed by atoms with van der Waals surface area (Å²) in [5.74, 6) is -0.634. The summed E-state index contributed by atoms with van der Waals surface area (Å²) in [6, 6.07) is 2.92. The lowest BCUT2D eigenvalue weighted by molar-refractivity contribution is 0.0619. The van der Waals surface area contributed by atoms with E-state index in [1.165, 1.54) is 4.90 Å². The number of hydrogen-bond acceptors (Lipinski definition) is 5. The fourth-order valence-electron chi connectivity index (χ4n) is 2.76. The third-order valence-electron chi connectivity index (χ3n) is 4.29. The molecule has 2 heterocycles. The zero-order chi connectivity index (χ0) is 18.9. The first kappa shape index (κ1) is 18.4. The van der Waals surface area contributed by atoms with E-state index >= 15 is 0 Å². The molecule has 6 nitrogen and oxygen atoms in total. The molecule has 1 saturated heterocycles. The minimum Gasteiger partial charge on any atom is -0.339 e. The van der Waals surface area contributed by atoms with Gasteiger partial charge < -0.3 is 9.42 Å². The monoisotopic (exact) mass is 364 g/mol. The molecule has 1 amide bonds. The van der Waals surface area contributed by atoms with Gasteiger partial charge in [-0.2, -0.15) is 4.98 Å². The molecule has 3 rings (SSSR count). The van der Waals surface area contributed by atoms with Crippen molar-refractivity contribution < 1.29 is 18.1 Å². The molecule has 1 aromatic carbocycles. The maximum atomic E-state index is 13.8. The minimum absolute atomic E-state index is 0.203. The molecule has 1 aliphatic heterocycles. The second-order valence-corrected chi connectivity index (χ2v) is 7.46. The van der Waals surface area contributed by atoms with E-state index in [-0.39, 0.29) is 11.0 Å². The molecule has 0 saturated carbocycles. The largest absolute Gasteiger partial charge is 0.339 e. The first-order valence-corrected chi connectivity index (χ1v) is 8.54. The van der Waals surface area contributed by atoms with E-state index < -0.39 is 17.5 Å². The Morgan fingerprint density at radius 2 is 1.88 bits per heavy atom. The van der Waals surface area contributed by atoms with Crippen LogP contribution in [-0.4, -0.2) is 52.0 Å². The summed E-state index contributed by atoms with van der Waals surface area (Å²) in [4.78, 5) is 20.5. The first-order chi connectivity index (χ1) is 12.2. The number of hydrogen-bond donors (Lipinski definition) is 0. The van der Waals surface area contributed by atoms with Gasteiger partial charge in [0.25, 0.3) is 5.91 Å². The molecule has 0 unspecified atom stereocenters. The van der Waals surface area contributed by atoms with Crippen molar-refractivity contribution >= 4 is 5.91 Å². The van der Waals surface area contributed by atoms with Gasteiger partial charge in [-0.25, -0.2) is 8.78 Å². The van der Waals surface area contributed by atoms with Gasteiger partial charge in [-0.05, 0) is 18.2 Å². The molecule has 0 radical (unpaired) electrons. The van der Waals surface area contributed by atoms with E-state index in [0.717, 1.165) is 18.2 Å². The molecule has 1 aliphatic rings. The molecule has 0 spiro atoms. The predicted octanol–water partition coefficient (Wildman–Crippen LogP) is 2.60. The predicted molar refractivity (Wildman–Crippen MR) is 90.5 cm³/mol. The van der Waals surface area contributed by atoms with Crippen LogP contribution >= 0.6 is 0 Å². The first-order valence-electron chi connectivity index (χ1n) is 8.54. The van der Waals surface area contributed by atoms with Crippen LogP contribution in [0.5, 0.6) is 0 Å². The number of halogens is 2. The molecule has 1 fully saturated rings. The molecule has 0 aliphatic carbocycles.